The van der Waals surface area contributed by atoms with E-state index in [0.29, 0.717) is 11.1 Å². The van der Waals surface area contributed by atoms with Crippen LogP contribution in [0.15, 0.2) is 27.4 Å². The van der Waals surface area contributed by atoms with Gasteiger partial charge in [0.1, 0.15) is 6.04 Å². The van der Waals surface area contributed by atoms with Gasteiger partial charge in [-0.25, -0.2) is 4.79 Å². The number of benzene rings is 1. The number of likely N-dealkylation sites (N-methyl/N-ethyl adjacent to an activating group) is 2. The van der Waals surface area contributed by atoms with Crippen LogP contribution in [0.5, 0.6) is 0 Å². The quantitative estimate of drug-likeness (QED) is 0.608. The number of rotatable bonds is 5. The Morgan fingerprint density at radius 2 is 2.11 bits per heavy atom. The van der Waals surface area contributed by atoms with E-state index < -0.39 is 23.8 Å². The van der Waals surface area contributed by atoms with Gasteiger partial charge in [-0.05, 0) is 31.8 Å². The van der Waals surface area contributed by atoms with E-state index in [0.717, 1.165) is 5.56 Å². The molecule has 2 atom stereocenters. The van der Waals surface area contributed by atoms with Crippen LogP contribution in [0.25, 0.3) is 11.1 Å². The third kappa shape index (κ3) is 2.51. The molecule has 0 bridgehead atoms. The minimum absolute atomic E-state index is 0.426. The van der Waals surface area contributed by atoms with Crippen LogP contribution < -0.4 is 16.4 Å². The highest BCUT2D eigenvalue weighted by Gasteiger charge is 2.27. The van der Waals surface area contributed by atoms with Crippen LogP contribution in [0, 0.1) is 0 Å². The molecule has 4 N–H and O–H groups in total. The maximum atomic E-state index is 11.2. The summed E-state index contributed by atoms with van der Waals surface area (Å²) in [6.45, 7) is 0. The van der Waals surface area contributed by atoms with Crippen molar-refractivity contribution in [3.63, 3.8) is 0 Å². The predicted molar refractivity (Wildman–Crippen MR) is 69.1 cm³/mol. The molecule has 1 aromatic carbocycles. The molecule has 0 radical (unpaired) electrons. The molecule has 0 aliphatic rings. The predicted octanol–water partition coefficient (Wildman–Crippen LogP) is 0.0542. The molecule has 19 heavy (non-hydrogen) atoms. The first kappa shape index (κ1) is 13.3. The van der Waals surface area contributed by atoms with Gasteiger partial charge in [-0.1, -0.05) is 6.07 Å². The van der Waals surface area contributed by atoms with Crippen LogP contribution in [0.4, 0.5) is 0 Å². The van der Waals surface area contributed by atoms with Crippen LogP contribution in [0.2, 0.25) is 0 Å². The van der Waals surface area contributed by atoms with Gasteiger partial charge >= 0.3 is 11.7 Å². The molecule has 0 aliphatic carbocycles. The topological polar surface area (TPSA) is 107 Å². The van der Waals surface area contributed by atoms with E-state index >= 15 is 0 Å². The Kier molecular flexibility index (Phi) is 3.68. The van der Waals surface area contributed by atoms with Crippen molar-refractivity contribution in [3.8, 4) is 0 Å². The lowest BCUT2D eigenvalue weighted by Crippen LogP contribution is -2.44. The summed E-state index contributed by atoms with van der Waals surface area (Å²) in [6.07, 6.45) is 0. The lowest BCUT2D eigenvalue weighted by molar-refractivity contribution is -0.140. The highest BCUT2D eigenvalue weighted by Crippen LogP contribution is 2.21. The molecule has 1 aromatic heterocycles. The smallest absolute Gasteiger partial charge is 0.417 e. The number of hydrogen-bond acceptors (Lipinski definition) is 5. The van der Waals surface area contributed by atoms with Crippen LogP contribution in [-0.4, -0.2) is 36.2 Å². The SMILES string of the molecule is CNC(C(=O)O)C(NC)c1ccc2oc(=O)[nH]c2c1. The van der Waals surface area contributed by atoms with Gasteiger partial charge in [-0.15, -0.1) is 0 Å². The van der Waals surface area contributed by atoms with E-state index in [4.69, 9.17) is 4.42 Å². The van der Waals surface area contributed by atoms with Gasteiger partial charge in [0, 0.05) is 0 Å². The number of aromatic amines is 1. The number of nitrogens with one attached hydrogen (secondary N) is 3. The third-order valence-corrected chi connectivity index (χ3v) is 3.02. The van der Waals surface area contributed by atoms with Crippen LogP contribution >= 0.6 is 0 Å². The summed E-state index contributed by atoms with van der Waals surface area (Å²) in [5, 5.41) is 14.9. The minimum Gasteiger partial charge on any atom is -0.480 e. The summed E-state index contributed by atoms with van der Waals surface area (Å²) >= 11 is 0. The molecule has 2 rings (SSSR count). The summed E-state index contributed by atoms with van der Waals surface area (Å²) in [4.78, 5) is 24.8. The Bertz CT molecular complexity index is 646. The zero-order valence-electron chi connectivity index (χ0n) is 10.6. The fourth-order valence-electron chi connectivity index (χ4n) is 2.12. The van der Waals surface area contributed by atoms with Crippen LogP contribution in [-0.2, 0) is 4.79 Å². The minimum atomic E-state index is -0.956. The number of carboxylic acid groups (broad SMARTS) is 1. The Morgan fingerprint density at radius 1 is 1.37 bits per heavy atom. The second-order valence-corrected chi connectivity index (χ2v) is 4.14. The van der Waals surface area contributed by atoms with Gasteiger partial charge in [0.25, 0.3) is 0 Å². The number of aliphatic carboxylic acids is 1. The van der Waals surface area contributed by atoms with Gasteiger partial charge in [-0.2, -0.15) is 0 Å². The second-order valence-electron chi connectivity index (χ2n) is 4.14. The van der Waals surface area contributed by atoms with Gasteiger partial charge in [0.05, 0.1) is 11.6 Å². The monoisotopic (exact) mass is 265 g/mol. The molecule has 0 saturated heterocycles. The number of aromatic nitrogens is 1. The fourth-order valence-corrected chi connectivity index (χ4v) is 2.12. The maximum absolute atomic E-state index is 11.2. The first-order valence-electron chi connectivity index (χ1n) is 5.77. The van der Waals surface area contributed by atoms with Crippen molar-refractivity contribution < 1.29 is 14.3 Å². The number of carbonyl (C=O) groups is 1. The standard InChI is InChI=1S/C12H15N3O4/c1-13-9(10(14-2)11(16)17)6-3-4-8-7(5-6)15-12(18)19-8/h3-5,9-10,13-14H,1-2H3,(H,15,18)(H,16,17). The molecule has 2 unspecified atom stereocenters. The molecule has 0 fully saturated rings. The van der Waals surface area contributed by atoms with E-state index in [1.807, 2.05) is 0 Å². The fraction of sp³-hybridized carbons (Fsp3) is 0.333. The van der Waals surface area contributed by atoms with Crippen molar-refractivity contribution in [2.45, 2.75) is 12.1 Å². The van der Waals surface area contributed by atoms with Crippen LogP contribution in [0.3, 0.4) is 0 Å². The molecule has 7 nitrogen and oxygen atoms in total. The zero-order chi connectivity index (χ0) is 14.0. The van der Waals surface area contributed by atoms with E-state index in [-0.39, 0.29) is 0 Å². The number of carboxylic acids is 1. The molecule has 0 amide bonds. The maximum Gasteiger partial charge on any atom is 0.417 e. The largest absolute Gasteiger partial charge is 0.480 e. The zero-order valence-corrected chi connectivity index (χ0v) is 10.6. The van der Waals surface area contributed by atoms with E-state index in [9.17, 15) is 14.7 Å². The number of H-pyrrole nitrogens is 1. The lowest BCUT2D eigenvalue weighted by atomic mass is 9.99. The van der Waals surface area contributed by atoms with Gasteiger partial charge < -0.3 is 20.2 Å². The first-order chi connectivity index (χ1) is 9.06. The average Bonchev–Trinajstić information content (AvgIpc) is 2.74. The molecule has 1 heterocycles. The third-order valence-electron chi connectivity index (χ3n) is 3.02. The summed E-state index contributed by atoms with van der Waals surface area (Å²) < 4.78 is 4.91. The van der Waals surface area contributed by atoms with E-state index in [2.05, 4.69) is 15.6 Å². The molecule has 0 spiro atoms. The van der Waals surface area contributed by atoms with Crippen molar-refractivity contribution in [2.75, 3.05) is 14.1 Å². The summed E-state index contributed by atoms with van der Waals surface area (Å²) in [5.41, 5.74) is 1.73. The molecular formula is C12H15N3O4. The van der Waals surface area contributed by atoms with Crippen molar-refractivity contribution in [3.05, 3.63) is 34.3 Å². The number of fused-ring (bicyclic) bond motifs is 1. The first-order valence-corrected chi connectivity index (χ1v) is 5.77. The Balaban J connectivity index is 2.44. The Hall–Kier alpha value is -2.12. The van der Waals surface area contributed by atoms with Crippen molar-refractivity contribution >= 4 is 17.1 Å². The number of hydrogen-bond donors (Lipinski definition) is 4. The van der Waals surface area contributed by atoms with E-state index in [1.165, 1.54) is 0 Å². The summed E-state index contributed by atoms with van der Waals surface area (Å²) in [6, 6.07) is 3.87. The normalized spacial score (nSPS) is 14.4. The van der Waals surface area contributed by atoms with Crippen molar-refractivity contribution in [2.24, 2.45) is 0 Å². The number of oxazole rings is 1. The molecule has 0 saturated carbocycles. The Labute approximate surface area is 108 Å². The molecule has 102 valence electrons. The van der Waals surface area contributed by atoms with Crippen LogP contribution in [0.1, 0.15) is 11.6 Å². The molecule has 2 aromatic rings. The summed E-state index contributed by atoms with van der Waals surface area (Å²) in [7, 11) is 3.27. The highest BCUT2D eigenvalue weighted by molar-refractivity contribution is 5.76. The highest BCUT2D eigenvalue weighted by atomic mass is 16.4. The van der Waals surface area contributed by atoms with Gasteiger partial charge in [0.15, 0.2) is 5.58 Å². The van der Waals surface area contributed by atoms with Crippen molar-refractivity contribution in [1.82, 2.24) is 15.6 Å². The lowest BCUT2D eigenvalue weighted by Gasteiger charge is -2.23. The molecule has 7 heteroatoms. The van der Waals surface area contributed by atoms with Gasteiger partial charge in [0.2, 0.25) is 0 Å². The molecule has 0 aliphatic heterocycles. The summed E-state index contributed by atoms with van der Waals surface area (Å²) in [5.74, 6) is -1.49. The average molecular weight is 265 g/mol. The molecular weight excluding hydrogens is 250 g/mol. The second kappa shape index (κ2) is 5.25. The van der Waals surface area contributed by atoms with Gasteiger partial charge in [-0.3, -0.25) is 9.78 Å². The Morgan fingerprint density at radius 3 is 2.68 bits per heavy atom. The van der Waals surface area contributed by atoms with Crippen molar-refractivity contribution in [1.29, 1.82) is 0 Å². The van der Waals surface area contributed by atoms with E-state index in [1.54, 1.807) is 32.3 Å².